The minimum absolute atomic E-state index is 0.247. The molecule has 0 aromatic rings. The second-order valence-corrected chi connectivity index (χ2v) is 21.1. The van der Waals surface area contributed by atoms with Crippen molar-refractivity contribution < 1.29 is 64.6 Å². The molecule has 2 aliphatic rings. The number of rotatable bonds is 47. The van der Waals surface area contributed by atoms with E-state index in [1.165, 1.54) is 109 Å². The third kappa shape index (κ3) is 32.5. The molecule has 1 amide bonds. The Morgan fingerprint density at radius 1 is 0.487 bits per heavy atom. The highest BCUT2D eigenvalue weighted by Gasteiger charge is 2.51. The minimum Gasteiger partial charge on any atom is -0.394 e. The van der Waals surface area contributed by atoms with Crippen LogP contribution in [-0.2, 0) is 23.7 Å². The highest BCUT2D eigenvalue weighted by atomic mass is 16.7. The fraction of sp³-hybridized carbons (Fsp3) is 0.790. The highest BCUT2D eigenvalue weighted by Crippen LogP contribution is 2.30. The van der Waals surface area contributed by atoms with Crippen LogP contribution in [0.3, 0.4) is 0 Å². The van der Waals surface area contributed by atoms with Crippen LogP contribution in [0.5, 0.6) is 0 Å². The summed E-state index contributed by atoms with van der Waals surface area (Å²) in [4.78, 5) is 13.2. The molecule has 14 nitrogen and oxygen atoms in total. The molecule has 0 aromatic heterocycles. The van der Waals surface area contributed by atoms with Gasteiger partial charge >= 0.3 is 0 Å². The molecule has 0 aromatic carbocycles. The van der Waals surface area contributed by atoms with E-state index in [1.54, 1.807) is 6.08 Å². The van der Waals surface area contributed by atoms with E-state index >= 15 is 0 Å². The number of aliphatic hydroxyl groups excluding tert-OH is 8. The van der Waals surface area contributed by atoms with E-state index in [2.05, 4.69) is 79.9 Å². The van der Waals surface area contributed by atoms with E-state index in [0.717, 1.165) is 77.0 Å². The quantitative estimate of drug-likeness (QED) is 0.0204. The number of carbonyl (C=O) groups is 1. The van der Waals surface area contributed by atoms with Crippen molar-refractivity contribution in [3.63, 3.8) is 0 Å². The van der Waals surface area contributed by atoms with Crippen LogP contribution in [0.1, 0.15) is 219 Å². The second kappa shape index (κ2) is 47.3. The Morgan fingerprint density at radius 2 is 0.921 bits per heavy atom. The molecule has 0 radical (unpaired) electrons. The first-order valence-electron chi connectivity index (χ1n) is 30.2. The topological polar surface area (TPSA) is 228 Å². The van der Waals surface area contributed by atoms with Gasteiger partial charge in [-0.1, -0.05) is 209 Å². The minimum atomic E-state index is -1.80. The highest BCUT2D eigenvalue weighted by molar-refractivity contribution is 5.76. The number of aliphatic hydroxyl groups is 8. The van der Waals surface area contributed by atoms with Crippen molar-refractivity contribution in [1.29, 1.82) is 0 Å². The smallest absolute Gasteiger partial charge is 0.220 e. The molecule has 76 heavy (non-hydrogen) atoms. The SMILES string of the molecule is CC/C=C\C/C=C\C/C=C\CCCCCCCC(=O)NC(COC1OC(CO)C(OC2OC(CO)C(O)C(O)C2O)C(O)C1O)C(O)/C=C/CC/C=C/CC/C=C/CCCCCCCCCCCCCCCCCCC. The first-order chi connectivity index (χ1) is 37.1. The Balaban J connectivity index is 1.77. The first-order valence-corrected chi connectivity index (χ1v) is 30.2. The summed E-state index contributed by atoms with van der Waals surface area (Å²) in [6.45, 7) is 2.65. The van der Waals surface area contributed by atoms with Gasteiger partial charge in [-0.15, -0.1) is 0 Å². The van der Waals surface area contributed by atoms with Gasteiger partial charge in [-0.05, 0) is 77.0 Å². The molecule has 2 heterocycles. The van der Waals surface area contributed by atoms with E-state index in [1.807, 2.05) is 6.08 Å². The van der Waals surface area contributed by atoms with Gasteiger partial charge in [-0.2, -0.15) is 0 Å². The van der Waals surface area contributed by atoms with E-state index in [4.69, 9.17) is 18.9 Å². The predicted octanol–water partition coefficient (Wildman–Crippen LogP) is 10.3. The van der Waals surface area contributed by atoms with Crippen LogP contribution in [0.15, 0.2) is 72.9 Å². The molecule has 0 saturated carbocycles. The van der Waals surface area contributed by atoms with Crippen molar-refractivity contribution in [2.24, 2.45) is 0 Å². The summed E-state index contributed by atoms with van der Waals surface area (Å²) in [6.07, 6.45) is 45.3. The Labute approximate surface area is 459 Å². The van der Waals surface area contributed by atoms with Gasteiger partial charge in [0.05, 0.1) is 32.0 Å². The van der Waals surface area contributed by atoms with E-state index < -0.39 is 86.8 Å². The lowest BCUT2D eigenvalue weighted by Crippen LogP contribution is -2.65. The number of amides is 1. The van der Waals surface area contributed by atoms with Gasteiger partial charge in [0.1, 0.15) is 48.8 Å². The molecular weight excluding hydrogens is 967 g/mol. The average Bonchev–Trinajstić information content (AvgIpc) is 3.42. The van der Waals surface area contributed by atoms with Crippen LogP contribution in [-0.4, -0.2) is 140 Å². The van der Waals surface area contributed by atoms with E-state index in [0.29, 0.717) is 12.8 Å². The number of unbranched alkanes of at least 4 members (excludes halogenated alkanes) is 24. The second-order valence-electron chi connectivity index (χ2n) is 21.1. The zero-order valence-corrected chi connectivity index (χ0v) is 47.2. The van der Waals surface area contributed by atoms with E-state index in [-0.39, 0.29) is 18.9 Å². The van der Waals surface area contributed by atoms with Crippen molar-refractivity contribution in [3.8, 4) is 0 Å². The lowest BCUT2D eigenvalue weighted by molar-refractivity contribution is -0.359. The number of ether oxygens (including phenoxy) is 4. The Morgan fingerprint density at radius 3 is 1.45 bits per heavy atom. The molecule has 0 spiro atoms. The molecule has 2 aliphatic heterocycles. The predicted molar refractivity (Wildman–Crippen MR) is 304 cm³/mol. The number of hydrogen-bond acceptors (Lipinski definition) is 13. The van der Waals surface area contributed by atoms with Gasteiger partial charge in [0.2, 0.25) is 5.91 Å². The van der Waals surface area contributed by atoms with Crippen molar-refractivity contribution in [2.45, 2.75) is 293 Å². The Bertz CT molecular complexity index is 1550. The molecule has 9 N–H and O–H groups in total. The summed E-state index contributed by atoms with van der Waals surface area (Å²) in [5.74, 6) is -0.272. The zero-order valence-electron chi connectivity index (χ0n) is 47.2. The van der Waals surface area contributed by atoms with Gasteiger partial charge in [0, 0.05) is 6.42 Å². The Hall–Kier alpha value is -2.57. The van der Waals surface area contributed by atoms with Crippen LogP contribution >= 0.6 is 0 Å². The molecular formula is C62H109NO13. The molecule has 2 rings (SSSR count). The Kier molecular flexibility index (Phi) is 43.2. The third-order valence-electron chi connectivity index (χ3n) is 14.4. The fourth-order valence-electron chi connectivity index (χ4n) is 9.51. The number of allylic oxidation sites excluding steroid dienone is 11. The summed E-state index contributed by atoms with van der Waals surface area (Å²) >= 11 is 0. The monoisotopic (exact) mass is 1080 g/mol. The fourth-order valence-corrected chi connectivity index (χ4v) is 9.51. The maximum Gasteiger partial charge on any atom is 0.220 e. The number of nitrogens with one attached hydrogen (secondary N) is 1. The van der Waals surface area contributed by atoms with Crippen LogP contribution in [0.2, 0.25) is 0 Å². The molecule has 440 valence electrons. The average molecular weight is 1080 g/mol. The van der Waals surface area contributed by atoms with Gasteiger partial charge in [-0.25, -0.2) is 0 Å². The molecule has 12 unspecified atom stereocenters. The summed E-state index contributed by atoms with van der Waals surface area (Å²) in [6, 6.07) is -0.951. The molecule has 0 aliphatic carbocycles. The summed E-state index contributed by atoms with van der Waals surface area (Å²) in [5.41, 5.74) is 0. The normalized spacial score (nSPS) is 25.4. The summed E-state index contributed by atoms with van der Waals surface area (Å²) in [5, 5.41) is 87.0. The largest absolute Gasteiger partial charge is 0.394 e. The van der Waals surface area contributed by atoms with Gasteiger partial charge in [-0.3, -0.25) is 4.79 Å². The maximum atomic E-state index is 13.2. The molecule has 14 heteroatoms. The van der Waals surface area contributed by atoms with Crippen molar-refractivity contribution >= 4 is 5.91 Å². The summed E-state index contributed by atoms with van der Waals surface area (Å²) in [7, 11) is 0. The number of hydrogen-bond donors (Lipinski definition) is 9. The van der Waals surface area contributed by atoms with Crippen LogP contribution < -0.4 is 5.32 Å². The number of carbonyl (C=O) groups excluding carboxylic acids is 1. The first kappa shape index (κ1) is 69.5. The van der Waals surface area contributed by atoms with Gasteiger partial charge in [0.25, 0.3) is 0 Å². The summed E-state index contributed by atoms with van der Waals surface area (Å²) < 4.78 is 22.7. The standard InChI is InChI=1S/C62H109NO13/c1-3-5-7-9-11-13-15-17-19-20-21-22-23-24-25-26-27-28-29-30-32-33-35-37-39-41-43-45-51(66)50(63-54(67)46-44-42-40-38-36-34-31-18-16-14-12-10-8-6-4-2)49-73-61-59(72)57(70)60(53(48-65)75-61)76-62-58(71)56(69)55(68)52(47-64)74-62/h6,8,12,14,18,29-31,35,37,43,45,50-53,55-62,64-66,68-72H,3-5,7,9-11,13,15-17,19-28,32-34,36,38-42,44,46-49H2,1-2H3,(H,63,67)/b8-6-,14-12-,30-29+,31-18-,37-35+,45-43+. The third-order valence-corrected chi connectivity index (χ3v) is 14.4. The lowest BCUT2D eigenvalue weighted by Gasteiger charge is -2.46. The zero-order chi connectivity index (χ0) is 55.3. The van der Waals surface area contributed by atoms with E-state index in [9.17, 15) is 45.6 Å². The van der Waals surface area contributed by atoms with Crippen molar-refractivity contribution in [2.75, 3.05) is 19.8 Å². The van der Waals surface area contributed by atoms with Gasteiger partial charge < -0.3 is 65.1 Å². The molecule has 12 atom stereocenters. The van der Waals surface area contributed by atoms with Crippen molar-refractivity contribution in [1.82, 2.24) is 5.32 Å². The van der Waals surface area contributed by atoms with Crippen LogP contribution in [0.4, 0.5) is 0 Å². The van der Waals surface area contributed by atoms with Crippen molar-refractivity contribution in [3.05, 3.63) is 72.9 Å². The van der Waals surface area contributed by atoms with Crippen LogP contribution in [0, 0.1) is 0 Å². The van der Waals surface area contributed by atoms with Crippen LogP contribution in [0.25, 0.3) is 0 Å². The molecule has 2 saturated heterocycles. The lowest BCUT2D eigenvalue weighted by atomic mass is 9.97. The molecule has 0 bridgehead atoms. The molecule has 2 fully saturated rings. The van der Waals surface area contributed by atoms with Gasteiger partial charge in [0.15, 0.2) is 12.6 Å². The maximum absolute atomic E-state index is 13.2.